The average molecular weight is 347 g/mol. The van der Waals surface area contributed by atoms with Crippen LogP contribution in [0, 0.1) is 0 Å². The summed E-state index contributed by atoms with van der Waals surface area (Å²) in [5.41, 5.74) is 2.25. The molecule has 0 unspecified atom stereocenters. The maximum Gasteiger partial charge on any atom is 0.266 e. The van der Waals surface area contributed by atoms with Crippen molar-refractivity contribution in [1.82, 2.24) is 9.38 Å². The third-order valence-electron chi connectivity index (χ3n) is 3.46. The molecule has 0 saturated carbocycles. The molecule has 0 saturated heterocycles. The summed E-state index contributed by atoms with van der Waals surface area (Å²) in [6.07, 6.45) is 0. The molecule has 0 spiro atoms. The Balaban J connectivity index is 2.09. The van der Waals surface area contributed by atoms with Crippen LogP contribution in [0.1, 0.15) is 0 Å². The summed E-state index contributed by atoms with van der Waals surface area (Å²) >= 11 is 13.4. The minimum absolute atomic E-state index is 0.117. The van der Waals surface area contributed by atoms with Gasteiger partial charge in [-0.2, -0.15) is 0 Å². The molecule has 0 radical (unpaired) electrons. The topological polar surface area (TPSA) is 34.4 Å². The Bertz CT molecular complexity index is 1070. The summed E-state index contributed by atoms with van der Waals surface area (Å²) in [7, 11) is 0. The van der Waals surface area contributed by atoms with Crippen LogP contribution in [0.5, 0.6) is 0 Å². The molecule has 4 rings (SSSR count). The maximum absolute atomic E-state index is 12.8. The van der Waals surface area contributed by atoms with Crippen LogP contribution in [-0.4, -0.2) is 9.38 Å². The van der Waals surface area contributed by atoms with E-state index in [9.17, 15) is 4.79 Å². The van der Waals surface area contributed by atoms with E-state index in [0.29, 0.717) is 25.9 Å². The molecule has 0 atom stereocenters. The number of halogens is 2. The lowest BCUT2D eigenvalue weighted by Crippen LogP contribution is -2.14. The molecule has 0 bridgehead atoms. The SMILES string of the molecule is O=c1c2cc(Cl)ccc2nc2scc(-c3ccc(Cl)cc3)n12. The number of hydrogen-bond acceptors (Lipinski definition) is 3. The van der Waals surface area contributed by atoms with E-state index in [2.05, 4.69) is 4.98 Å². The molecule has 108 valence electrons. The molecule has 0 aliphatic carbocycles. The molecular weight excluding hydrogens is 339 g/mol. The fourth-order valence-corrected chi connectivity index (χ4v) is 3.60. The molecular formula is C16H8Cl2N2OS. The van der Waals surface area contributed by atoms with Crippen molar-refractivity contribution in [3.8, 4) is 11.3 Å². The van der Waals surface area contributed by atoms with E-state index in [4.69, 9.17) is 23.2 Å². The van der Waals surface area contributed by atoms with Gasteiger partial charge in [-0.3, -0.25) is 9.20 Å². The standard InChI is InChI=1S/C16H8Cl2N2OS/c17-10-3-1-9(2-4-10)14-8-22-16-19-13-6-5-11(18)7-12(13)15(21)20(14)16/h1-8H. The monoisotopic (exact) mass is 346 g/mol. The second-order valence-corrected chi connectivity index (χ2v) is 6.53. The van der Waals surface area contributed by atoms with Crippen molar-refractivity contribution in [1.29, 1.82) is 0 Å². The van der Waals surface area contributed by atoms with Crippen LogP contribution in [-0.2, 0) is 0 Å². The van der Waals surface area contributed by atoms with E-state index in [1.165, 1.54) is 11.3 Å². The molecule has 6 heteroatoms. The largest absolute Gasteiger partial charge is 0.268 e. The number of nitrogens with zero attached hydrogens (tertiary/aromatic N) is 2. The molecule has 4 aromatic rings. The first-order valence-corrected chi connectivity index (χ1v) is 8.12. The number of aromatic nitrogens is 2. The van der Waals surface area contributed by atoms with Crippen molar-refractivity contribution in [2.24, 2.45) is 0 Å². The molecule has 0 aliphatic heterocycles. The van der Waals surface area contributed by atoms with Gasteiger partial charge in [-0.15, -0.1) is 11.3 Å². The fourth-order valence-electron chi connectivity index (χ4n) is 2.41. The van der Waals surface area contributed by atoms with Crippen LogP contribution in [0.4, 0.5) is 0 Å². The first kappa shape index (κ1) is 13.8. The second-order valence-electron chi connectivity index (χ2n) is 4.82. The molecule has 2 aromatic carbocycles. The Morgan fingerprint density at radius 2 is 1.73 bits per heavy atom. The predicted molar refractivity (Wildman–Crippen MR) is 92.3 cm³/mol. The maximum atomic E-state index is 12.8. The van der Waals surface area contributed by atoms with E-state index in [-0.39, 0.29) is 5.56 Å². The van der Waals surface area contributed by atoms with E-state index in [1.807, 2.05) is 17.5 Å². The summed E-state index contributed by atoms with van der Waals surface area (Å²) in [5, 5.41) is 3.62. The zero-order valence-electron chi connectivity index (χ0n) is 11.1. The molecule has 2 aromatic heterocycles. The van der Waals surface area contributed by atoms with Gasteiger partial charge in [0.2, 0.25) is 0 Å². The van der Waals surface area contributed by atoms with Crippen molar-refractivity contribution < 1.29 is 0 Å². The number of thiazole rings is 1. The minimum atomic E-state index is -0.117. The van der Waals surface area contributed by atoms with Crippen LogP contribution in [0.3, 0.4) is 0 Å². The highest BCUT2D eigenvalue weighted by molar-refractivity contribution is 7.15. The molecule has 0 N–H and O–H groups in total. The molecule has 2 heterocycles. The van der Waals surface area contributed by atoms with Crippen LogP contribution < -0.4 is 5.56 Å². The van der Waals surface area contributed by atoms with Gasteiger partial charge < -0.3 is 0 Å². The fraction of sp³-hybridized carbons (Fsp3) is 0. The summed E-state index contributed by atoms with van der Waals surface area (Å²) in [6, 6.07) is 12.5. The van der Waals surface area contributed by atoms with Crippen molar-refractivity contribution in [2.75, 3.05) is 0 Å². The summed E-state index contributed by atoms with van der Waals surface area (Å²) in [5.74, 6) is 0. The molecule has 3 nitrogen and oxygen atoms in total. The quantitative estimate of drug-likeness (QED) is 0.492. The molecule has 0 aliphatic rings. The zero-order valence-corrected chi connectivity index (χ0v) is 13.4. The van der Waals surface area contributed by atoms with E-state index >= 15 is 0 Å². The normalized spacial score (nSPS) is 11.4. The van der Waals surface area contributed by atoms with Crippen molar-refractivity contribution in [3.05, 3.63) is 68.2 Å². The molecule has 22 heavy (non-hydrogen) atoms. The van der Waals surface area contributed by atoms with Gasteiger partial charge in [0.15, 0.2) is 4.96 Å². The molecule has 0 amide bonds. The predicted octanol–water partition coefficient (Wildman–Crippen LogP) is 4.88. The van der Waals surface area contributed by atoms with Crippen molar-refractivity contribution in [3.63, 3.8) is 0 Å². The minimum Gasteiger partial charge on any atom is -0.268 e. The lowest BCUT2D eigenvalue weighted by Gasteiger charge is -2.04. The Labute approximate surface area is 139 Å². The first-order chi connectivity index (χ1) is 10.6. The Kier molecular flexibility index (Phi) is 3.18. The average Bonchev–Trinajstić information content (AvgIpc) is 2.93. The van der Waals surface area contributed by atoms with Gasteiger partial charge in [0.1, 0.15) is 0 Å². The van der Waals surface area contributed by atoms with E-state index in [0.717, 1.165) is 11.3 Å². The number of benzene rings is 2. The van der Waals surface area contributed by atoms with Crippen molar-refractivity contribution in [2.45, 2.75) is 0 Å². The van der Waals surface area contributed by atoms with Crippen molar-refractivity contribution >= 4 is 50.4 Å². The second kappa shape index (κ2) is 5.09. The van der Waals surface area contributed by atoms with Gasteiger partial charge in [-0.1, -0.05) is 35.3 Å². The van der Waals surface area contributed by atoms with Crippen LogP contribution in [0.15, 0.2) is 52.6 Å². The van der Waals surface area contributed by atoms with Gasteiger partial charge in [0.05, 0.1) is 16.6 Å². The first-order valence-electron chi connectivity index (χ1n) is 6.49. The van der Waals surface area contributed by atoms with Gasteiger partial charge in [-0.05, 0) is 35.9 Å². The molecule has 0 fully saturated rings. The van der Waals surface area contributed by atoms with Crippen LogP contribution in [0.2, 0.25) is 10.0 Å². The highest BCUT2D eigenvalue weighted by Gasteiger charge is 2.12. The van der Waals surface area contributed by atoms with E-state index < -0.39 is 0 Å². The van der Waals surface area contributed by atoms with Gasteiger partial charge in [0.25, 0.3) is 5.56 Å². The Hall–Kier alpha value is -1.88. The van der Waals surface area contributed by atoms with Gasteiger partial charge in [-0.25, -0.2) is 4.98 Å². The number of hydrogen-bond donors (Lipinski definition) is 0. The highest BCUT2D eigenvalue weighted by Crippen LogP contribution is 2.26. The van der Waals surface area contributed by atoms with Gasteiger partial charge >= 0.3 is 0 Å². The number of fused-ring (bicyclic) bond motifs is 2. The number of rotatable bonds is 1. The lowest BCUT2D eigenvalue weighted by atomic mass is 10.2. The smallest absolute Gasteiger partial charge is 0.266 e. The Morgan fingerprint density at radius 1 is 1.00 bits per heavy atom. The third-order valence-corrected chi connectivity index (χ3v) is 4.77. The van der Waals surface area contributed by atoms with Crippen LogP contribution >= 0.6 is 34.5 Å². The Morgan fingerprint density at radius 3 is 2.50 bits per heavy atom. The van der Waals surface area contributed by atoms with Gasteiger partial charge in [0, 0.05) is 15.4 Å². The summed E-state index contributed by atoms with van der Waals surface area (Å²) in [6.45, 7) is 0. The third kappa shape index (κ3) is 2.11. The highest BCUT2D eigenvalue weighted by atomic mass is 35.5. The summed E-state index contributed by atoms with van der Waals surface area (Å²) < 4.78 is 1.62. The zero-order chi connectivity index (χ0) is 15.3. The summed E-state index contributed by atoms with van der Waals surface area (Å²) in [4.78, 5) is 18.0. The lowest BCUT2D eigenvalue weighted by molar-refractivity contribution is 1.12. The van der Waals surface area contributed by atoms with E-state index in [1.54, 1.807) is 34.7 Å². The van der Waals surface area contributed by atoms with Crippen LogP contribution in [0.25, 0.3) is 27.1 Å².